The fraction of sp³-hybridized carbons (Fsp3) is 0.615. The number of nitrogens with zero attached hydrogens (tertiary/aromatic N) is 1. The normalized spacial score (nSPS) is 26.8. The minimum atomic E-state index is 0.153. The van der Waals surface area contributed by atoms with Crippen molar-refractivity contribution in [3.8, 4) is 0 Å². The molecule has 94 valence electrons. The van der Waals surface area contributed by atoms with Crippen molar-refractivity contribution in [3.63, 3.8) is 0 Å². The van der Waals surface area contributed by atoms with Gasteiger partial charge in [0.05, 0.1) is 16.8 Å². The fourth-order valence-corrected chi connectivity index (χ4v) is 2.77. The molecule has 1 heterocycles. The lowest BCUT2D eigenvalue weighted by Gasteiger charge is -2.32. The number of hydrogen-bond acceptors (Lipinski definition) is 3. The van der Waals surface area contributed by atoms with E-state index in [-0.39, 0.29) is 6.04 Å². The molecule has 0 aromatic carbocycles. The molecule has 1 aromatic heterocycles. The number of rotatable bonds is 3. The third-order valence-electron chi connectivity index (χ3n) is 3.78. The van der Waals surface area contributed by atoms with Gasteiger partial charge in [0.15, 0.2) is 0 Å². The average molecular weight is 254 g/mol. The van der Waals surface area contributed by atoms with Gasteiger partial charge in [0, 0.05) is 6.20 Å². The van der Waals surface area contributed by atoms with Gasteiger partial charge in [-0.15, -0.1) is 0 Å². The minimum absolute atomic E-state index is 0.153. The van der Waals surface area contributed by atoms with Crippen molar-refractivity contribution >= 4 is 11.6 Å². The average Bonchev–Trinajstić information content (AvgIpc) is 2.35. The van der Waals surface area contributed by atoms with Crippen LogP contribution in [0.4, 0.5) is 0 Å². The molecule has 0 saturated heterocycles. The molecule has 1 unspecified atom stereocenters. The number of halogens is 1. The van der Waals surface area contributed by atoms with Crippen molar-refractivity contribution in [2.75, 3.05) is 0 Å². The standard InChI is InChI=1S/C13H20ClN3/c1-9-2-4-10(5-3-9)13(17-15)12-7-6-11(14)8-16-12/h6-10,13,17H,2-5,15H2,1H3. The summed E-state index contributed by atoms with van der Waals surface area (Å²) in [6, 6.07) is 3.99. The van der Waals surface area contributed by atoms with Crippen molar-refractivity contribution in [1.29, 1.82) is 0 Å². The van der Waals surface area contributed by atoms with Crippen LogP contribution in [0.3, 0.4) is 0 Å². The Balaban J connectivity index is 2.08. The van der Waals surface area contributed by atoms with Crippen LogP contribution in [0.2, 0.25) is 5.02 Å². The summed E-state index contributed by atoms with van der Waals surface area (Å²) in [5.74, 6) is 7.12. The smallest absolute Gasteiger partial charge is 0.0660 e. The lowest BCUT2D eigenvalue weighted by Crippen LogP contribution is -2.35. The van der Waals surface area contributed by atoms with Crippen LogP contribution >= 0.6 is 11.6 Å². The van der Waals surface area contributed by atoms with E-state index in [2.05, 4.69) is 17.3 Å². The molecule has 1 aromatic rings. The van der Waals surface area contributed by atoms with Gasteiger partial charge in [0.2, 0.25) is 0 Å². The molecule has 0 bridgehead atoms. The molecule has 17 heavy (non-hydrogen) atoms. The van der Waals surface area contributed by atoms with Crippen molar-refractivity contribution in [2.24, 2.45) is 17.7 Å². The lowest BCUT2D eigenvalue weighted by molar-refractivity contribution is 0.229. The van der Waals surface area contributed by atoms with E-state index >= 15 is 0 Å². The summed E-state index contributed by atoms with van der Waals surface area (Å²) in [6.07, 6.45) is 6.71. The summed E-state index contributed by atoms with van der Waals surface area (Å²) in [5, 5.41) is 0.668. The first-order valence-corrected chi connectivity index (χ1v) is 6.66. The number of nitrogens with one attached hydrogen (secondary N) is 1. The largest absolute Gasteiger partial charge is 0.271 e. The molecule has 3 N–H and O–H groups in total. The summed E-state index contributed by atoms with van der Waals surface area (Å²) in [6.45, 7) is 2.32. The van der Waals surface area contributed by atoms with Crippen molar-refractivity contribution in [3.05, 3.63) is 29.0 Å². The monoisotopic (exact) mass is 253 g/mol. The van der Waals surface area contributed by atoms with E-state index in [1.807, 2.05) is 12.1 Å². The van der Waals surface area contributed by atoms with Crippen LogP contribution in [-0.4, -0.2) is 4.98 Å². The molecular weight excluding hydrogens is 234 g/mol. The first-order chi connectivity index (χ1) is 8.20. The van der Waals surface area contributed by atoms with Crippen LogP contribution in [0.25, 0.3) is 0 Å². The maximum atomic E-state index is 5.85. The van der Waals surface area contributed by atoms with Crippen LogP contribution in [-0.2, 0) is 0 Å². The lowest BCUT2D eigenvalue weighted by atomic mass is 9.78. The number of aromatic nitrogens is 1. The third-order valence-corrected chi connectivity index (χ3v) is 4.00. The van der Waals surface area contributed by atoms with Gasteiger partial charge in [-0.1, -0.05) is 31.4 Å². The van der Waals surface area contributed by atoms with Gasteiger partial charge >= 0.3 is 0 Å². The fourth-order valence-electron chi connectivity index (χ4n) is 2.65. The zero-order valence-electron chi connectivity index (χ0n) is 10.2. The third kappa shape index (κ3) is 3.18. The zero-order chi connectivity index (χ0) is 12.3. The van der Waals surface area contributed by atoms with Crippen LogP contribution in [0, 0.1) is 11.8 Å². The summed E-state index contributed by atoms with van der Waals surface area (Å²) in [5.41, 5.74) is 3.91. The van der Waals surface area contributed by atoms with E-state index in [0.29, 0.717) is 10.9 Å². The molecule has 0 radical (unpaired) electrons. The van der Waals surface area contributed by atoms with Gasteiger partial charge in [-0.3, -0.25) is 16.3 Å². The van der Waals surface area contributed by atoms with E-state index in [1.54, 1.807) is 6.20 Å². The highest BCUT2D eigenvalue weighted by molar-refractivity contribution is 6.30. The highest BCUT2D eigenvalue weighted by Gasteiger charge is 2.27. The van der Waals surface area contributed by atoms with E-state index in [4.69, 9.17) is 17.4 Å². The maximum absolute atomic E-state index is 5.85. The highest BCUT2D eigenvalue weighted by atomic mass is 35.5. The van der Waals surface area contributed by atoms with Gasteiger partial charge in [-0.2, -0.15) is 0 Å². The molecule has 0 aliphatic heterocycles. The Bertz CT molecular complexity index is 344. The Kier molecular flexibility index (Phi) is 4.37. The minimum Gasteiger partial charge on any atom is -0.271 e. The molecule has 1 fully saturated rings. The predicted octanol–water partition coefficient (Wildman–Crippen LogP) is 3.07. The predicted molar refractivity (Wildman–Crippen MR) is 70.4 cm³/mol. The van der Waals surface area contributed by atoms with Crippen LogP contribution < -0.4 is 11.3 Å². The van der Waals surface area contributed by atoms with Crippen LogP contribution in [0.5, 0.6) is 0 Å². The van der Waals surface area contributed by atoms with E-state index in [0.717, 1.165) is 11.6 Å². The molecular formula is C13H20ClN3. The SMILES string of the molecule is CC1CCC(C(NN)c2ccc(Cl)cn2)CC1. The Labute approximate surface area is 108 Å². The second-order valence-corrected chi connectivity index (χ2v) is 5.50. The molecule has 1 aliphatic rings. The van der Waals surface area contributed by atoms with E-state index < -0.39 is 0 Å². The van der Waals surface area contributed by atoms with Crippen molar-refractivity contribution in [1.82, 2.24) is 10.4 Å². The molecule has 0 amide bonds. The molecule has 1 aliphatic carbocycles. The van der Waals surface area contributed by atoms with E-state index in [9.17, 15) is 0 Å². The van der Waals surface area contributed by atoms with Crippen LogP contribution in [0.15, 0.2) is 18.3 Å². The number of hydrogen-bond donors (Lipinski definition) is 2. The zero-order valence-corrected chi connectivity index (χ0v) is 11.0. The summed E-state index contributed by atoms with van der Waals surface area (Å²) in [4.78, 5) is 4.37. The van der Waals surface area contributed by atoms with Crippen molar-refractivity contribution < 1.29 is 0 Å². The quantitative estimate of drug-likeness (QED) is 0.643. The molecule has 4 heteroatoms. The van der Waals surface area contributed by atoms with Gasteiger partial charge < -0.3 is 0 Å². The first-order valence-electron chi connectivity index (χ1n) is 6.28. The number of hydrazine groups is 1. The Hall–Kier alpha value is -0.640. The Morgan fingerprint density at radius 2 is 2.06 bits per heavy atom. The number of nitrogens with two attached hydrogens (primary N) is 1. The molecule has 3 nitrogen and oxygen atoms in total. The molecule has 2 rings (SSSR count). The topological polar surface area (TPSA) is 50.9 Å². The summed E-state index contributed by atoms with van der Waals surface area (Å²) >= 11 is 5.85. The van der Waals surface area contributed by atoms with Gasteiger partial charge in [-0.05, 0) is 36.8 Å². The second kappa shape index (κ2) is 5.80. The molecule has 1 atom stereocenters. The second-order valence-electron chi connectivity index (χ2n) is 5.07. The Morgan fingerprint density at radius 1 is 1.35 bits per heavy atom. The summed E-state index contributed by atoms with van der Waals surface area (Å²) in [7, 11) is 0. The maximum Gasteiger partial charge on any atom is 0.0660 e. The first kappa shape index (κ1) is 12.8. The van der Waals surface area contributed by atoms with Crippen molar-refractivity contribution in [2.45, 2.75) is 38.6 Å². The highest BCUT2D eigenvalue weighted by Crippen LogP contribution is 2.35. The van der Waals surface area contributed by atoms with Gasteiger partial charge in [-0.25, -0.2) is 0 Å². The van der Waals surface area contributed by atoms with Gasteiger partial charge in [0.1, 0.15) is 0 Å². The molecule has 1 saturated carbocycles. The van der Waals surface area contributed by atoms with E-state index in [1.165, 1.54) is 25.7 Å². The van der Waals surface area contributed by atoms with Crippen LogP contribution in [0.1, 0.15) is 44.3 Å². The Morgan fingerprint density at radius 3 is 2.59 bits per heavy atom. The number of pyridine rings is 1. The molecule has 0 spiro atoms. The van der Waals surface area contributed by atoms with Gasteiger partial charge in [0.25, 0.3) is 0 Å². The summed E-state index contributed by atoms with van der Waals surface area (Å²) < 4.78 is 0.